The van der Waals surface area contributed by atoms with Gasteiger partial charge in [-0.05, 0) is 29.7 Å². The number of nitrogens with zero attached hydrogens (tertiary/aromatic N) is 1. The molecule has 0 aliphatic carbocycles. The quantitative estimate of drug-likeness (QED) is 0.669. The summed E-state index contributed by atoms with van der Waals surface area (Å²) in [5.74, 6) is -3.70. The van der Waals surface area contributed by atoms with Crippen molar-refractivity contribution in [3.05, 3.63) is 65.2 Å². The Bertz CT molecular complexity index is 951. The van der Waals surface area contributed by atoms with E-state index in [1.165, 1.54) is 6.07 Å². The second kappa shape index (κ2) is 8.78. The predicted octanol–water partition coefficient (Wildman–Crippen LogP) is 0.932. The molecule has 0 unspecified atom stereocenters. The van der Waals surface area contributed by atoms with Gasteiger partial charge in [0.05, 0.1) is 19.1 Å². The Morgan fingerprint density at radius 2 is 1.76 bits per heavy atom. The fourth-order valence-corrected chi connectivity index (χ4v) is 3.22. The lowest BCUT2D eigenvalue weighted by molar-refractivity contribution is -0.129. The van der Waals surface area contributed by atoms with Gasteiger partial charge in [-0.2, -0.15) is 0 Å². The molecule has 3 amide bonds. The van der Waals surface area contributed by atoms with Crippen molar-refractivity contribution in [1.29, 1.82) is 0 Å². The topological polar surface area (TPSA) is 105 Å². The smallest absolute Gasteiger partial charge is 0.243 e. The first-order valence-electron chi connectivity index (χ1n) is 8.95. The number of hydrogen-bond donors (Lipinski definition) is 3. The molecule has 0 aromatic heterocycles. The van der Waals surface area contributed by atoms with Crippen molar-refractivity contribution in [3.8, 4) is 0 Å². The normalized spacial score (nSPS) is 16.0. The van der Waals surface area contributed by atoms with Crippen LogP contribution in [0.5, 0.6) is 0 Å². The molecular weight excluding hydrogens is 382 g/mol. The fraction of sp³-hybridized carbons (Fsp3) is 0.250. The molecule has 0 bridgehead atoms. The molecule has 0 radical (unpaired) electrons. The minimum atomic E-state index is -1.09. The third-order valence-electron chi connectivity index (χ3n) is 4.67. The Labute approximate surface area is 165 Å². The van der Waals surface area contributed by atoms with Crippen LogP contribution in [0.15, 0.2) is 42.5 Å². The van der Waals surface area contributed by atoms with E-state index in [1.54, 1.807) is 4.90 Å². The first-order valence-corrected chi connectivity index (χ1v) is 8.95. The summed E-state index contributed by atoms with van der Waals surface area (Å²) < 4.78 is 26.1. The van der Waals surface area contributed by atoms with E-state index in [1.807, 2.05) is 24.3 Å². The third-order valence-corrected chi connectivity index (χ3v) is 4.67. The van der Waals surface area contributed by atoms with E-state index in [0.29, 0.717) is 13.0 Å². The van der Waals surface area contributed by atoms with E-state index < -0.39 is 35.4 Å². The highest BCUT2D eigenvalue weighted by Crippen LogP contribution is 2.22. The van der Waals surface area contributed by atoms with Gasteiger partial charge < -0.3 is 16.4 Å². The number of benzene rings is 2. The second-order valence-corrected chi connectivity index (χ2v) is 6.75. The molecule has 2 aromatic rings. The van der Waals surface area contributed by atoms with Gasteiger partial charge >= 0.3 is 0 Å². The van der Waals surface area contributed by atoms with E-state index in [9.17, 15) is 23.2 Å². The first kappa shape index (κ1) is 20.4. The van der Waals surface area contributed by atoms with Crippen molar-refractivity contribution in [2.75, 3.05) is 18.4 Å². The maximum atomic E-state index is 13.2. The Morgan fingerprint density at radius 3 is 2.45 bits per heavy atom. The molecule has 1 aliphatic heterocycles. The van der Waals surface area contributed by atoms with Crippen LogP contribution in [0.2, 0.25) is 0 Å². The average molecular weight is 402 g/mol. The average Bonchev–Trinajstić information content (AvgIpc) is 2.68. The Kier molecular flexibility index (Phi) is 6.18. The maximum Gasteiger partial charge on any atom is 0.243 e. The molecule has 29 heavy (non-hydrogen) atoms. The molecule has 1 atom stereocenters. The number of carbonyl (C=O) groups is 3. The van der Waals surface area contributed by atoms with Crippen molar-refractivity contribution >= 4 is 23.4 Å². The van der Waals surface area contributed by atoms with Crippen LogP contribution in [0, 0.1) is 11.6 Å². The number of halogens is 2. The highest BCUT2D eigenvalue weighted by atomic mass is 19.2. The molecule has 9 heteroatoms. The molecule has 1 heterocycles. The number of primary amides is 1. The van der Waals surface area contributed by atoms with E-state index in [-0.39, 0.29) is 18.8 Å². The first-order chi connectivity index (χ1) is 13.8. The summed E-state index contributed by atoms with van der Waals surface area (Å²) >= 11 is 0. The minimum Gasteiger partial charge on any atom is -0.368 e. The third kappa shape index (κ3) is 5.14. The van der Waals surface area contributed by atoms with E-state index in [2.05, 4.69) is 10.6 Å². The Hall–Kier alpha value is -3.33. The molecule has 0 saturated carbocycles. The maximum absolute atomic E-state index is 13.2. The van der Waals surface area contributed by atoms with Crippen molar-refractivity contribution in [2.45, 2.75) is 19.0 Å². The molecule has 0 saturated heterocycles. The summed E-state index contributed by atoms with van der Waals surface area (Å²) in [5.41, 5.74) is 7.58. The zero-order chi connectivity index (χ0) is 21.0. The molecule has 152 valence electrons. The van der Waals surface area contributed by atoms with Gasteiger partial charge in [0.1, 0.15) is 0 Å². The van der Waals surface area contributed by atoms with Crippen LogP contribution < -0.4 is 16.4 Å². The lowest BCUT2D eigenvalue weighted by Crippen LogP contribution is -2.52. The summed E-state index contributed by atoms with van der Waals surface area (Å²) in [6.45, 7) is -0.0812. The van der Waals surface area contributed by atoms with Crippen molar-refractivity contribution in [3.63, 3.8) is 0 Å². The number of rotatable bonds is 6. The molecule has 4 N–H and O–H groups in total. The summed E-state index contributed by atoms with van der Waals surface area (Å²) in [4.78, 5) is 37.6. The Morgan fingerprint density at radius 1 is 1.03 bits per heavy atom. The monoisotopic (exact) mass is 402 g/mol. The number of fused-ring (bicyclic) bond motifs is 1. The van der Waals surface area contributed by atoms with Crippen LogP contribution in [0.25, 0.3) is 0 Å². The largest absolute Gasteiger partial charge is 0.368 e. The number of nitrogens with two attached hydrogens (primary N) is 1. The van der Waals surface area contributed by atoms with Crippen LogP contribution in [-0.2, 0) is 27.3 Å². The van der Waals surface area contributed by atoms with Crippen molar-refractivity contribution in [1.82, 2.24) is 10.2 Å². The molecule has 0 fully saturated rings. The SMILES string of the molecule is NC(=O)[C@@H]1Cc2ccccc2CN1CC(=O)NCC(=O)Nc1ccc(F)c(F)c1. The van der Waals surface area contributed by atoms with Gasteiger partial charge in [0.15, 0.2) is 11.6 Å². The number of carbonyl (C=O) groups excluding carboxylic acids is 3. The lowest BCUT2D eigenvalue weighted by atomic mass is 9.93. The van der Waals surface area contributed by atoms with Gasteiger partial charge in [-0.15, -0.1) is 0 Å². The fourth-order valence-electron chi connectivity index (χ4n) is 3.22. The number of nitrogens with one attached hydrogen (secondary N) is 2. The molecule has 7 nitrogen and oxygen atoms in total. The van der Waals surface area contributed by atoms with Crippen LogP contribution in [0.1, 0.15) is 11.1 Å². The van der Waals surface area contributed by atoms with Gasteiger partial charge in [-0.25, -0.2) is 8.78 Å². The summed E-state index contributed by atoms with van der Waals surface area (Å²) in [6, 6.07) is 9.93. The predicted molar refractivity (Wildman–Crippen MR) is 102 cm³/mol. The van der Waals surface area contributed by atoms with Crippen LogP contribution in [-0.4, -0.2) is 41.8 Å². The highest BCUT2D eigenvalue weighted by Gasteiger charge is 2.31. The van der Waals surface area contributed by atoms with Crippen LogP contribution in [0.4, 0.5) is 14.5 Å². The molecule has 2 aromatic carbocycles. The van der Waals surface area contributed by atoms with Gasteiger partial charge in [0.2, 0.25) is 17.7 Å². The molecule has 1 aliphatic rings. The number of anilines is 1. The van der Waals surface area contributed by atoms with Gasteiger partial charge in [-0.3, -0.25) is 19.3 Å². The standard InChI is InChI=1S/C20H20F2N4O3/c21-15-6-5-14(8-16(15)22)25-18(27)9-24-19(28)11-26-10-13-4-2-1-3-12(13)7-17(26)20(23)29/h1-6,8,17H,7,9-11H2,(H2,23,29)(H,24,28)(H,25,27)/t17-/m0/s1. The summed E-state index contributed by atoms with van der Waals surface area (Å²) in [5, 5.41) is 4.81. The van der Waals surface area contributed by atoms with Crippen molar-refractivity contribution in [2.24, 2.45) is 5.73 Å². The van der Waals surface area contributed by atoms with E-state index in [0.717, 1.165) is 23.3 Å². The second-order valence-electron chi connectivity index (χ2n) is 6.75. The van der Waals surface area contributed by atoms with Gasteiger partial charge in [0.25, 0.3) is 0 Å². The minimum absolute atomic E-state index is 0.0737. The van der Waals surface area contributed by atoms with Crippen LogP contribution in [0.3, 0.4) is 0 Å². The van der Waals surface area contributed by atoms with Gasteiger partial charge in [-0.1, -0.05) is 24.3 Å². The lowest BCUT2D eigenvalue weighted by Gasteiger charge is -2.34. The zero-order valence-corrected chi connectivity index (χ0v) is 15.5. The molecule has 3 rings (SSSR count). The molecular formula is C20H20F2N4O3. The van der Waals surface area contributed by atoms with E-state index in [4.69, 9.17) is 5.73 Å². The van der Waals surface area contributed by atoms with Gasteiger partial charge in [0, 0.05) is 18.3 Å². The summed E-state index contributed by atoms with van der Waals surface area (Å²) in [7, 11) is 0. The number of amides is 3. The zero-order valence-electron chi connectivity index (χ0n) is 15.5. The Balaban J connectivity index is 1.54. The summed E-state index contributed by atoms with van der Waals surface area (Å²) in [6.07, 6.45) is 0.412. The van der Waals surface area contributed by atoms with Crippen LogP contribution >= 0.6 is 0 Å². The number of hydrogen-bond acceptors (Lipinski definition) is 4. The van der Waals surface area contributed by atoms with Crippen molar-refractivity contribution < 1.29 is 23.2 Å². The van der Waals surface area contributed by atoms with E-state index >= 15 is 0 Å². The molecule has 0 spiro atoms. The highest BCUT2D eigenvalue weighted by molar-refractivity contribution is 5.94.